The highest BCUT2D eigenvalue weighted by Crippen LogP contribution is 2.29. The zero-order valence-corrected chi connectivity index (χ0v) is 12.8. The lowest BCUT2D eigenvalue weighted by Crippen LogP contribution is -2.07. The van der Waals surface area contributed by atoms with Crippen LogP contribution in [0.2, 0.25) is 0 Å². The highest BCUT2D eigenvalue weighted by Gasteiger charge is 2.12. The van der Waals surface area contributed by atoms with E-state index in [0.29, 0.717) is 0 Å². The van der Waals surface area contributed by atoms with Crippen LogP contribution in [0.15, 0.2) is 46.9 Å². The van der Waals surface area contributed by atoms with E-state index < -0.39 is 0 Å². The molecule has 0 spiro atoms. The van der Waals surface area contributed by atoms with Crippen molar-refractivity contribution < 1.29 is 4.92 Å². The van der Waals surface area contributed by atoms with Crippen LogP contribution in [-0.2, 0) is 0 Å². The van der Waals surface area contributed by atoms with Gasteiger partial charge in [0, 0.05) is 28.3 Å². The topological polar surface area (TPSA) is 55.2 Å². The Bertz CT molecular complexity index is 644. The van der Waals surface area contributed by atoms with Crippen LogP contribution < -0.4 is 5.32 Å². The number of nitro groups is 1. The van der Waals surface area contributed by atoms with Crippen molar-refractivity contribution in [3.8, 4) is 0 Å². The quantitative estimate of drug-likeness (QED) is 0.642. The third-order valence-corrected chi connectivity index (χ3v) is 4.20. The van der Waals surface area contributed by atoms with Gasteiger partial charge in [0.25, 0.3) is 5.69 Å². The highest BCUT2D eigenvalue weighted by atomic mass is 79.9. The molecule has 1 unspecified atom stereocenters. The zero-order valence-electron chi connectivity index (χ0n) is 11.3. The van der Waals surface area contributed by atoms with Crippen LogP contribution in [0.4, 0.5) is 11.4 Å². The third-order valence-electron chi connectivity index (χ3n) is 3.14. The average molecular weight is 335 g/mol. The summed E-state index contributed by atoms with van der Waals surface area (Å²) in [6.07, 6.45) is 0. The van der Waals surface area contributed by atoms with Crippen molar-refractivity contribution in [1.29, 1.82) is 0 Å². The van der Waals surface area contributed by atoms with Gasteiger partial charge in [-0.1, -0.05) is 24.3 Å². The van der Waals surface area contributed by atoms with Gasteiger partial charge in [-0.05, 0) is 47.0 Å². The second-order valence-electron chi connectivity index (χ2n) is 4.65. The van der Waals surface area contributed by atoms with Crippen LogP contribution in [0.25, 0.3) is 0 Å². The van der Waals surface area contributed by atoms with Crippen LogP contribution in [0, 0.1) is 17.0 Å². The number of nitrogens with zero attached hydrogens (tertiary/aromatic N) is 1. The molecule has 0 saturated heterocycles. The molecule has 0 aliphatic heterocycles. The molecule has 2 rings (SSSR count). The van der Waals surface area contributed by atoms with E-state index in [9.17, 15) is 10.1 Å². The zero-order chi connectivity index (χ0) is 14.7. The number of aryl methyl sites for hydroxylation is 1. The lowest BCUT2D eigenvalue weighted by atomic mass is 10.1. The number of halogens is 1. The van der Waals surface area contributed by atoms with Crippen molar-refractivity contribution in [3.63, 3.8) is 0 Å². The SMILES string of the molecule is Cc1cccc(NC(C)c2cccc([N+](=O)[O-])c2)c1Br. The maximum atomic E-state index is 10.8. The van der Waals surface area contributed by atoms with Crippen LogP contribution in [0.1, 0.15) is 24.1 Å². The highest BCUT2D eigenvalue weighted by molar-refractivity contribution is 9.10. The van der Waals surface area contributed by atoms with Gasteiger partial charge in [0.05, 0.1) is 4.92 Å². The number of nitrogens with one attached hydrogen (secondary N) is 1. The van der Waals surface area contributed by atoms with Crippen molar-refractivity contribution >= 4 is 27.3 Å². The molecule has 0 saturated carbocycles. The lowest BCUT2D eigenvalue weighted by molar-refractivity contribution is -0.384. The second-order valence-corrected chi connectivity index (χ2v) is 5.45. The van der Waals surface area contributed by atoms with Gasteiger partial charge in [0.1, 0.15) is 0 Å². The van der Waals surface area contributed by atoms with Crippen LogP contribution in [0.3, 0.4) is 0 Å². The van der Waals surface area contributed by atoms with Crippen molar-refractivity contribution in [2.45, 2.75) is 19.9 Å². The third kappa shape index (κ3) is 3.17. The minimum Gasteiger partial charge on any atom is -0.378 e. The summed E-state index contributed by atoms with van der Waals surface area (Å²) in [5.41, 5.74) is 3.11. The standard InChI is InChI=1S/C15H15BrN2O2/c1-10-5-3-8-14(15(10)16)17-11(2)12-6-4-7-13(9-12)18(19)20/h3-9,11,17H,1-2H3. The maximum Gasteiger partial charge on any atom is 0.269 e. The normalized spacial score (nSPS) is 11.9. The summed E-state index contributed by atoms with van der Waals surface area (Å²) in [6, 6.07) is 12.6. The molecule has 5 heteroatoms. The minimum absolute atomic E-state index is 0.0204. The van der Waals surface area contributed by atoms with E-state index in [2.05, 4.69) is 21.2 Å². The number of nitro benzene ring substituents is 1. The van der Waals surface area contributed by atoms with Crippen molar-refractivity contribution in [2.24, 2.45) is 0 Å². The number of non-ortho nitro benzene ring substituents is 1. The fourth-order valence-corrected chi connectivity index (χ4v) is 2.36. The predicted molar refractivity (Wildman–Crippen MR) is 84.0 cm³/mol. The molecule has 0 bridgehead atoms. The van der Waals surface area contributed by atoms with Gasteiger partial charge in [0.2, 0.25) is 0 Å². The Balaban J connectivity index is 2.24. The summed E-state index contributed by atoms with van der Waals surface area (Å²) >= 11 is 3.55. The van der Waals surface area contributed by atoms with E-state index in [1.807, 2.05) is 38.1 Å². The molecule has 1 atom stereocenters. The molecule has 0 aromatic heterocycles. The van der Waals surface area contributed by atoms with E-state index in [-0.39, 0.29) is 16.7 Å². The van der Waals surface area contributed by atoms with Gasteiger partial charge in [-0.15, -0.1) is 0 Å². The summed E-state index contributed by atoms with van der Waals surface area (Å²) < 4.78 is 1.01. The lowest BCUT2D eigenvalue weighted by Gasteiger charge is -2.17. The molecule has 0 amide bonds. The molecule has 0 aliphatic carbocycles. The van der Waals surface area contributed by atoms with Crippen molar-refractivity contribution in [3.05, 3.63) is 68.2 Å². The van der Waals surface area contributed by atoms with Gasteiger partial charge < -0.3 is 5.32 Å². The fourth-order valence-electron chi connectivity index (χ4n) is 1.98. The monoisotopic (exact) mass is 334 g/mol. The molecule has 2 aromatic rings. The van der Waals surface area contributed by atoms with E-state index in [1.54, 1.807) is 12.1 Å². The predicted octanol–water partition coefficient (Wildman–Crippen LogP) is 4.84. The number of anilines is 1. The molecule has 4 nitrogen and oxygen atoms in total. The Morgan fingerprint density at radius 3 is 2.65 bits per heavy atom. The first-order valence-corrected chi connectivity index (χ1v) is 7.04. The van der Waals surface area contributed by atoms with Crippen molar-refractivity contribution in [2.75, 3.05) is 5.32 Å². The summed E-state index contributed by atoms with van der Waals surface area (Å²) in [7, 11) is 0. The molecule has 0 heterocycles. The molecular formula is C15H15BrN2O2. The summed E-state index contributed by atoms with van der Waals surface area (Å²) in [5.74, 6) is 0. The maximum absolute atomic E-state index is 10.8. The molecule has 104 valence electrons. The molecule has 0 fully saturated rings. The number of hydrogen-bond acceptors (Lipinski definition) is 3. The largest absolute Gasteiger partial charge is 0.378 e. The summed E-state index contributed by atoms with van der Waals surface area (Å²) in [6.45, 7) is 4.00. The Labute approximate surface area is 126 Å². The van der Waals surface area contributed by atoms with E-state index in [4.69, 9.17) is 0 Å². The number of hydrogen-bond donors (Lipinski definition) is 1. The molecule has 0 radical (unpaired) electrons. The van der Waals surface area contributed by atoms with Crippen LogP contribution in [0.5, 0.6) is 0 Å². The van der Waals surface area contributed by atoms with Gasteiger partial charge >= 0.3 is 0 Å². The van der Waals surface area contributed by atoms with Crippen LogP contribution >= 0.6 is 15.9 Å². The number of benzene rings is 2. The van der Waals surface area contributed by atoms with E-state index in [1.165, 1.54) is 6.07 Å². The Hall–Kier alpha value is -1.88. The first-order chi connectivity index (χ1) is 9.49. The van der Waals surface area contributed by atoms with Gasteiger partial charge in [-0.25, -0.2) is 0 Å². The van der Waals surface area contributed by atoms with Crippen molar-refractivity contribution in [1.82, 2.24) is 0 Å². The van der Waals surface area contributed by atoms with E-state index in [0.717, 1.165) is 21.3 Å². The van der Waals surface area contributed by atoms with Gasteiger partial charge in [-0.2, -0.15) is 0 Å². The van der Waals surface area contributed by atoms with Gasteiger partial charge in [0.15, 0.2) is 0 Å². The molecule has 20 heavy (non-hydrogen) atoms. The first kappa shape index (κ1) is 14.5. The van der Waals surface area contributed by atoms with Crippen LogP contribution in [-0.4, -0.2) is 4.92 Å². The molecule has 2 aromatic carbocycles. The molecular weight excluding hydrogens is 320 g/mol. The Morgan fingerprint density at radius 1 is 1.25 bits per heavy atom. The second kappa shape index (κ2) is 6.05. The fraction of sp³-hybridized carbons (Fsp3) is 0.200. The van der Waals surface area contributed by atoms with E-state index >= 15 is 0 Å². The summed E-state index contributed by atoms with van der Waals surface area (Å²) in [5, 5.41) is 14.2. The minimum atomic E-state index is -0.376. The first-order valence-electron chi connectivity index (χ1n) is 6.25. The summed E-state index contributed by atoms with van der Waals surface area (Å²) in [4.78, 5) is 10.4. The Kier molecular flexibility index (Phi) is 4.39. The number of rotatable bonds is 4. The average Bonchev–Trinajstić information content (AvgIpc) is 2.44. The molecule has 1 N–H and O–H groups in total. The van der Waals surface area contributed by atoms with Gasteiger partial charge in [-0.3, -0.25) is 10.1 Å². The Morgan fingerprint density at radius 2 is 1.95 bits per heavy atom. The smallest absolute Gasteiger partial charge is 0.269 e. The molecule has 0 aliphatic rings.